The molecule has 0 amide bonds. The lowest BCUT2D eigenvalue weighted by Crippen LogP contribution is -2.11. The maximum atomic E-state index is 10.4. The lowest BCUT2D eigenvalue weighted by atomic mass is 10.5. The molecule has 48 valence electrons. The summed E-state index contributed by atoms with van der Waals surface area (Å²) in [6, 6.07) is 0. The lowest BCUT2D eigenvalue weighted by molar-refractivity contribution is -0.132. The summed E-state index contributed by atoms with van der Waals surface area (Å²) >= 11 is 6.16. The molecule has 0 aromatic heterocycles. The fourth-order valence-electron chi connectivity index (χ4n) is 0.159. The van der Waals surface area contributed by atoms with Gasteiger partial charge >= 0.3 is 5.97 Å². The highest BCUT2D eigenvalue weighted by Crippen LogP contribution is 2.06. The summed E-state index contributed by atoms with van der Waals surface area (Å²) in [6.45, 7) is 1.73. The van der Waals surface area contributed by atoms with Gasteiger partial charge in [0.25, 0.3) is 0 Å². The monoisotopic (exact) mass is 154 g/mol. The number of hydrogen-bond acceptors (Lipinski definition) is 3. The second-order valence-corrected chi connectivity index (χ2v) is 2.61. The molecule has 0 N–H and O–H groups in total. The fourth-order valence-corrected chi connectivity index (χ4v) is 0.586. The Bertz CT molecular complexity index is 86.1. The van der Waals surface area contributed by atoms with Crippen LogP contribution in [0.15, 0.2) is 0 Å². The van der Waals surface area contributed by atoms with Gasteiger partial charge in [-0.3, -0.25) is 0 Å². The molecule has 0 heterocycles. The molecule has 8 heavy (non-hydrogen) atoms. The lowest BCUT2D eigenvalue weighted by Gasteiger charge is -1.99. The van der Waals surface area contributed by atoms with Gasteiger partial charge in [0.1, 0.15) is 17.1 Å². The third-order valence-corrected chi connectivity index (χ3v) is 1.81. The average molecular weight is 155 g/mol. The third-order valence-electron chi connectivity index (χ3n) is 0.762. The molecule has 0 aromatic carbocycles. The van der Waals surface area contributed by atoms with Crippen LogP contribution in [0.5, 0.6) is 0 Å². The van der Waals surface area contributed by atoms with Crippen LogP contribution in [0.2, 0.25) is 0 Å². The van der Waals surface area contributed by atoms with Crippen molar-refractivity contribution in [3.8, 4) is 0 Å². The van der Waals surface area contributed by atoms with Crippen LogP contribution in [-0.4, -0.2) is 17.5 Å². The van der Waals surface area contributed by atoms with Gasteiger partial charge in [0.05, 0.1) is 0 Å². The van der Waals surface area contributed by atoms with Crippen molar-refractivity contribution in [1.82, 2.24) is 0 Å². The number of rotatable bonds is 2. The Morgan fingerprint density at radius 1 is 1.88 bits per heavy atom. The summed E-state index contributed by atoms with van der Waals surface area (Å²) < 4.78 is 3.92. The Kier molecular flexibility index (Phi) is 4.09. The molecular formula is C4H7ClO2S. The first-order valence-electron chi connectivity index (χ1n) is 2.07. The summed E-state index contributed by atoms with van der Waals surface area (Å²) in [5.74, 6) is -0.390. The van der Waals surface area contributed by atoms with E-state index in [-0.39, 0.29) is 11.2 Å². The highest BCUT2D eigenvalue weighted by atomic mass is 35.5. The van der Waals surface area contributed by atoms with Gasteiger partial charge in [0.15, 0.2) is 0 Å². The van der Waals surface area contributed by atoms with Crippen molar-refractivity contribution in [2.75, 3.05) is 6.26 Å². The van der Waals surface area contributed by atoms with Crippen LogP contribution >= 0.6 is 23.6 Å². The van der Waals surface area contributed by atoms with Crippen LogP contribution in [0.1, 0.15) is 6.92 Å². The van der Waals surface area contributed by atoms with Gasteiger partial charge in [-0.1, -0.05) is 0 Å². The first-order chi connectivity index (χ1) is 3.72. The number of thioether (sulfide) groups is 1. The number of carbonyl (C=O) groups excluding carboxylic acids is 1. The van der Waals surface area contributed by atoms with Crippen molar-refractivity contribution < 1.29 is 9.08 Å². The first-order valence-corrected chi connectivity index (χ1v) is 3.67. The minimum atomic E-state index is -0.390. The molecule has 0 saturated heterocycles. The Hall–Kier alpha value is 0.110. The number of hydrogen-bond donors (Lipinski definition) is 0. The molecule has 1 atom stereocenters. The van der Waals surface area contributed by atoms with Crippen LogP contribution in [0.25, 0.3) is 0 Å². The van der Waals surface area contributed by atoms with Crippen molar-refractivity contribution in [3.05, 3.63) is 0 Å². The van der Waals surface area contributed by atoms with Gasteiger partial charge in [-0.05, 0) is 13.2 Å². The van der Waals surface area contributed by atoms with Gasteiger partial charge in [-0.15, -0.1) is 0 Å². The SMILES string of the molecule is CS[C@@H](C)C(=O)OCl. The second-order valence-electron chi connectivity index (χ2n) is 1.27. The van der Waals surface area contributed by atoms with Crippen molar-refractivity contribution >= 4 is 29.6 Å². The normalized spacial score (nSPS) is 12.9. The molecule has 0 unspecified atom stereocenters. The molecule has 2 nitrogen and oxygen atoms in total. The summed E-state index contributed by atoms with van der Waals surface area (Å²) in [5.41, 5.74) is 0. The quantitative estimate of drug-likeness (QED) is 0.602. The highest BCUT2D eigenvalue weighted by Gasteiger charge is 2.10. The first kappa shape index (κ1) is 8.11. The predicted molar refractivity (Wildman–Crippen MR) is 34.9 cm³/mol. The van der Waals surface area contributed by atoms with E-state index in [1.165, 1.54) is 11.8 Å². The Labute approximate surface area is 57.7 Å². The Morgan fingerprint density at radius 2 is 2.38 bits per heavy atom. The molecule has 0 saturated carbocycles. The van der Waals surface area contributed by atoms with E-state index in [0.29, 0.717) is 0 Å². The van der Waals surface area contributed by atoms with Gasteiger partial charge in [0, 0.05) is 0 Å². The fraction of sp³-hybridized carbons (Fsp3) is 0.750. The van der Waals surface area contributed by atoms with Gasteiger partial charge in [0.2, 0.25) is 0 Å². The number of halogens is 1. The molecule has 0 bridgehead atoms. The third kappa shape index (κ3) is 2.43. The molecule has 0 aromatic rings. The van der Waals surface area contributed by atoms with Crippen LogP contribution in [0.4, 0.5) is 0 Å². The number of carbonyl (C=O) groups is 1. The van der Waals surface area contributed by atoms with Crippen LogP contribution in [0.3, 0.4) is 0 Å². The zero-order valence-electron chi connectivity index (χ0n) is 4.68. The minimum Gasteiger partial charge on any atom is -0.346 e. The van der Waals surface area contributed by atoms with Crippen molar-refractivity contribution in [3.63, 3.8) is 0 Å². The molecule has 0 fully saturated rings. The molecule has 0 aliphatic heterocycles. The summed E-state index contributed by atoms with van der Waals surface area (Å²) in [7, 11) is 0. The van der Waals surface area contributed by atoms with E-state index in [9.17, 15) is 4.79 Å². The summed E-state index contributed by atoms with van der Waals surface area (Å²) in [4.78, 5) is 10.4. The van der Waals surface area contributed by atoms with Gasteiger partial charge in [-0.2, -0.15) is 11.8 Å². The largest absolute Gasteiger partial charge is 0.346 e. The Balaban J connectivity index is 3.46. The van der Waals surface area contributed by atoms with E-state index in [0.717, 1.165) is 0 Å². The Morgan fingerprint density at radius 3 is 2.50 bits per heavy atom. The summed E-state index contributed by atoms with van der Waals surface area (Å²) in [5, 5.41) is -0.160. The average Bonchev–Trinajstić information content (AvgIpc) is 1.84. The van der Waals surface area contributed by atoms with Crippen molar-refractivity contribution in [2.24, 2.45) is 0 Å². The van der Waals surface area contributed by atoms with Crippen molar-refractivity contribution in [1.29, 1.82) is 0 Å². The van der Waals surface area contributed by atoms with Crippen molar-refractivity contribution in [2.45, 2.75) is 12.2 Å². The summed E-state index contributed by atoms with van der Waals surface area (Å²) in [6.07, 6.45) is 1.82. The van der Waals surface area contributed by atoms with Crippen LogP contribution in [0, 0.1) is 0 Å². The second kappa shape index (κ2) is 4.04. The van der Waals surface area contributed by atoms with E-state index < -0.39 is 0 Å². The highest BCUT2D eigenvalue weighted by molar-refractivity contribution is 7.99. The molecule has 0 aliphatic rings. The molecule has 4 heteroatoms. The van der Waals surface area contributed by atoms with E-state index in [1.807, 2.05) is 6.26 Å². The van der Waals surface area contributed by atoms with E-state index >= 15 is 0 Å². The zero-order valence-corrected chi connectivity index (χ0v) is 6.25. The molecular weight excluding hydrogens is 148 g/mol. The van der Waals surface area contributed by atoms with Gasteiger partial charge < -0.3 is 4.29 Å². The maximum absolute atomic E-state index is 10.4. The van der Waals surface area contributed by atoms with Gasteiger partial charge in [-0.25, -0.2) is 4.79 Å². The van der Waals surface area contributed by atoms with Crippen LogP contribution in [-0.2, 0) is 9.08 Å². The molecule has 0 rings (SSSR count). The minimum absolute atomic E-state index is 0.160. The van der Waals surface area contributed by atoms with Crippen LogP contribution < -0.4 is 0 Å². The van der Waals surface area contributed by atoms with E-state index in [4.69, 9.17) is 11.9 Å². The molecule has 0 radical (unpaired) electrons. The van der Waals surface area contributed by atoms with E-state index in [1.54, 1.807) is 6.92 Å². The smallest absolute Gasteiger partial charge is 0.337 e. The maximum Gasteiger partial charge on any atom is 0.337 e. The predicted octanol–water partition coefficient (Wildman–Crippen LogP) is 1.43. The molecule has 0 aliphatic carbocycles. The topological polar surface area (TPSA) is 26.3 Å². The zero-order chi connectivity index (χ0) is 6.57. The molecule has 0 spiro atoms. The van der Waals surface area contributed by atoms with E-state index in [2.05, 4.69) is 4.29 Å². The standard InChI is InChI=1S/C4H7ClO2S/c1-3(8-2)4(6)7-5/h3H,1-2H3/t3-/m0/s1.